The van der Waals surface area contributed by atoms with Crippen LogP contribution in [0.5, 0.6) is 0 Å². The first kappa shape index (κ1) is 15.1. The highest BCUT2D eigenvalue weighted by Gasteiger charge is 2.40. The van der Waals surface area contributed by atoms with E-state index in [2.05, 4.69) is 5.32 Å². The summed E-state index contributed by atoms with van der Waals surface area (Å²) < 4.78 is 25.1. The van der Waals surface area contributed by atoms with Gasteiger partial charge in [0, 0.05) is 17.1 Å². The van der Waals surface area contributed by atoms with Crippen molar-refractivity contribution in [2.45, 2.75) is 47.9 Å². The standard InChI is InChI=1S/C13H16ClNO2S.ClH/c14-9-2-1-3-12(6-9)18(16,17)13-7-10-4-5-11(8-13)15-10;/h1-3,6,10-11,13,15H,4-5,7-8H2;1H/t10-,11+,13?;. The summed E-state index contributed by atoms with van der Waals surface area (Å²) in [6.45, 7) is 0. The molecule has 3 atom stereocenters. The Kier molecular flexibility index (Phi) is 4.45. The van der Waals surface area contributed by atoms with Crippen LogP contribution in [0.1, 0.15) is 25.7 Å². The number of hydrogen-bond acceptors (Lipinski definition) is 3. The lowest BCUT2D eigenvalue weighted by atomic mass is 10.1. The van der Waals surface area contributed by atoms with Crippen LogP contribution in [-0.4, -0.2) is 25.8 Å². The van der Waals surface area contributed by atoms with Gasteiger partial charge in [-0.05, 0) is 43.9 Å². The van der Waals surface area contributed by atoms with Gasteiger partial charge >= 0.3 is 0 Å². The Hall–Kier alpha value is -0.290. The first-order valence-electron chi connectivity index (χ1n) is 6.31. The number of piperidine rings is 1. The van der Waals surface area contributed by atoms with Crippen molar-refractivity contribution < 1.29 is 8.42 Å². The average molecular weight is 322 g/mol. The minimum atomic E-state index is -3.23. The zero-order valence-corrected chi connectivity index (χ0v) is 12.8. The van der Waals surface area contributed by atoms with Crippen LogP contribution in [-0.2, 0) is 9.84 Å². The molecule has 0 amide bonds. The Balaban J connectivity index is 0.00000133. The summed E-state index contributed by atoms with van der Waals surface area (Å²) in [5.74, 6) is 0. The number of benzene rings is 1. The molecule has 0 radical (unpaired) electrons. The van der Waals surface area contributed by atoms with Crippen LogP contribution in [0.15, 0.2) is 29.2 Å². The van der Waals surface area contributed by atoms with E-state index in [1.165, 1.54) is 0 Å². The first-order chi connectivity index (χ1) is 8.55. The molecule has 1 aromatic carbocycles. The number of rotatable bonds is 2. The van der Waals surface area contributed by atoms with Gasteiger partial charge < -0.3 is 5.32 Å². The summed E-state index contributed by atoms with van der Waals surface area (Å²) in [4.78, 5) is 0.362. The van der Waals surface area contributed by atoms with Crippen molar-refractivity contribution in [2.75, 3.05) is 0 Å². The number of sulfone groups is 1. The van der Waals surface area contributed by atoms with E-state index in [0.717, 1.165) is 25.7 Å². The van der Waals surface area contributed by atoms with Gasteiger partial charge in [0.1, 0.15) is 0 Å². The zero-order chi connectivity index (χ0) is 12.8. The number of halogens is 2. The van der Waals surface area contributed by atoms with Gasteiger partial charge in [0.15, 0.2) is 9.84 Å². The highest BCUT2D eigenvalue weighted by molar-refractivity contribution is 7.92. The molecule has 106 valence electrons. The predicted octanol–water partition coefficient (Wildman–Crippen LogP) is 2.82. The van der Waals surface area contributed by atoms with E-state index in [0.29, 0.717) is 22.0 Å². The van der Waals surface area contributed by atoms with Gasteiger partial charge in [-0.15, -0.1) is 12.4 Å². The Morgan fingerprint density at radius 3 is 2.37 bits per heavy atom. The van der Waals surface area contributed by atoms with Gasteiger partial charge in [-0.1, -0.05) is 17.7 Å². The van der Waals surface area contributed by atoms with Crippen LogP contribution in [0.3, 0.4) is 0 Å². The van der Waals surface area contributed by atoms with Gasteiger partial charge in [-0.3, -0.25) is 0 Å². The van der Waals surface area contributed by atoms with Gasteiger partial charge in [0.2, 0.25) is 0 Å². The maximum Gasteiger partial charge on any atom is 0.181 e. The lowest BCUT2D eigenvalue weighted by Gasteiger charge is -2.28. The molecular formula is C13H17Cl2NO2S. The van der Waals surface area contributed by atoms with Gasteiger partial charge in [-0.2, -0.15) is 0 Å². The van der Waals surface area contributed by atoms with Crippen molar-refractivity contribution in [1.29, 1.82) is 0 Å². The Labute approximate surface area is 125 Å². The molecule has 6 heteroatoms. The Morgan fingerprint density at radius 2 is 1.79 bits per heavy atom. The highest BCUT2D eigenvalue weighted by Crippen LogP contribution is 2.33. The molecular weight excluding hydrogens is 305 g/mol. The van der Waals surface area contributed by atoms with Crippen LogP contribution in [0.4, 0.5) is 0 Å². The Morgan fingerprint density at radius 1 is 1.16 bits per heavy atom. The van der Waals surface area contributed by atoms with Crippen molar-refractivity contribution in [3.05, 3.63) is 29.3 Å². The maximum absolute atomic E-state index is 12.6. The summed E-state index contributed by atoms with van der Waals surface area (Å²) in [5.41, 5.74) is 0. The number of hydrogen-bond donors (Lipinski definition) is 1. The summed E-state index contributed by atoms with van der Waals surface area (Å²) in [6, 6.07) is 7.36. The van der Waals surface area contributed by atoms with E-state index in [4.69, 9.17) is 11.6 Å². The molecule has 2 bridgehead atoms. The fraction of sp³-hybridized carbons (Fsp3) is 0.538. The van der Waals surface area contributed by atoms with Crippen LogP contribution in [0, 0.1) is 0 Å². The molecule has 1 unspecified atom stereocenters. The van der Waals surface area contributed by atoms with Crippen molar-refractivity contribution in [3.63, 3.8) is 0 Å². The largest absolute Gasteiger partial charge is 0.311 e. The molecule has 2 saturated heterocycles. The number of nitrogens with one attached hydrogen (secondary N) is 1. The van der Waals surface area contributed by atoms with E-state index in [1.54, 1.807) is 24.3 Å². The molecule has 2 heterocycles. The van der Waals surface area contributed by atoms with Crippen LogP contribution >= 0.6 is 24.0 Å². The van der Waals surface area contributed by atoms with Crippen molar-refractivity contribution in [3.8, 4) is 0 Å². The molecule has 2 aliphatic heterocycles. The minimum absolute atomic E-state index is 0. The van der Waals surface area contributed by atoms with Crippen LogP contribution in [0.2, 0.25) is 5.02 Å². The summed E-state index contributed by atoms with van der Waals surface area (Å²) >= 11 is 5.88. The molecule has 0 aromatic heterocycles. The van der Waals surface area contributed by atoms with Crippen molar-refractivity contribution in [2.24, 2.45) is 0 Å². The minimum Gasteiger partial charge on any atom is -0.311 e. The van der Waals surface area contributed by atoms with Crippen molar-refractivity contribution in [1.82, 2.24) is 5.32 Å². The fourth-order valence-electron chi connectivity index (χ4n) is 3.09. The fourth-order valence-corrected chi connectivity index (χ4v) is 5.27. The summed E-state index contributed by atoms with van der Waals surface area (Å²) in [6.07, 6.45) is 3.66. The second-order valence-corrected chi connectivity index (χ2v) is 7.90. The molecule has 3 rings (SSSR count). The molecule has 1 N–H and O–H groups in total. The van der Waals surface area contributed by atoms with E-state index in [-0.39, 0.29) is 17.7 Å². The van der Waals surface area contributed by atoms with Crippen LogP contribution < -0.4 is 5.32 Å². The molecule has 2 aliphatic rings. The van der Waals surface area contributed by atoms with E-state index in [1.807, 2.05) is 0 Å². The van der Waals surface area contributed by atoms with E-state index >= 15 is 0 Å². The van der Waals surface area contributed by atoms with Crippen molar-refractivity contribution >= 4 is 33.8 Å². The average Bonchev–Trinajstić information content (AvgIpc) is 2.68. The van der Waals surface area contributed by atoms with Gasteiger partial charge in [0.05, 0.1) is 10.1 Å². The van der Waals surface area contributed by atoms with E-state index < -0.39 is 9.84 Å². The molecule has 1 aromatic rings. The third kappa shape index (κ3) is 2.92. The SMILES string of the molecule is Cl.O=S(=O)(c1cccc(Cl)c1)C1C[C@H]2CC[C@@H](C1)N2. The van der Waals surface area contributed by atoms with Crippen LogP contribution in [0.25, 0.3) is 0 Å². The predicted molar refractivity (Wildman–Crippen MR) is 78.9 cm³/mol. The molecule has 0 spiro atoms. The molecule has 2 fully saturated rings. The summed E-state index contributed by atoms with van der Waals surface area (Å²) in [7, 11) is -3.23. The third-order valence-electron chi connectivity index (χ3n) is 3.99. The van der Waals surface area contributed by atoms with E-state index in [9.17, 15) is 8.42 Å². The first-order valence-corrected chi connectivity index (χ1v) is 8.23. The van der Waals surface area contributed by atoms with Gasteiger partial charge in [-0.25, -0.2) is 8.42 Å². The van der Waals surface area contributed by atoms with Gasteiger partial charge in [0.25, 0.3) is 0 Å². The maximum atomic E-state index is 12.6. The Bertz CT molecular complexity index is 550. The molecule has 3 nitrogen and oxygen atoms in total. The topological polar surface area (TPSA) is 46.2 Å². The highest BCUT2D eigenvalue weighted by atomic mass is 35.5. The molecule has 19 heavy (non-hydrogen) atoms. The lowest BCUT2D eigenvalue weighted by molar-refractivity contribution is 0.401. The molecule has 0 saturated carbocycles. The monoisotopic (exact) mass is 321 g/mol. The normalized spacial score (nSPS) is 29.8. The third-order valence-corrected chi connectivity index (χ3v) is 6.40. The smallest absolute Gasteiger partial charge is 0.181 e. The second-order valence-electron chi connectivity index (χ2n) is 5.23. The number of fused-ring (bicyclic) bond motifs is 2. The quantitative estimate of drug-likeness (QED) is 0.911. The summed E-state index contributed by atoms with van der Waals surface area (Å²) in [5, 5.41) is 3.69. The second kappa shape index (κ2) is 5.60. The zero-order valence-electron chi connectivity index (χ0n) is 10.4. The lowest BCUT2D eigenvalue weighted by Crippen LogP contribution is -2.43. The molecule has 0 aliphatic carbocycles.